The molecule has 0 bridgehead atoms. The molecule has 0 aliphatic rings. The molecule has 0 aliphatic heterocycles. The van der Waals surface area contributed by atoms with Crippen LogP contribution in [0, 0.1) is 0 Å². The van der Waals surface area contributed by atoms with Crippen molar-refractivity contribution in [3.63, 3.8) is 0 Å². The van der Waals surface area contributed by atoms with Crippen LogP contribution >= 0.6 is 34.8 Å². The lowest BCUT2D eigenvalue weighted by Gasteiger charge is -2.12. The maximum absolute atomic E-state index is 6.04. The molecular weight excluding hydrogens is 268 g/mol. The summed E-state index contributed by atoms with van der Waals surface area (Å²) < 4.78 is 5.50. The van der Waals surface area contributed by atoms with E-state index in [0.717, 1.165) is 5.56 Å². The van der Waals surface area contributed by atoms with Gasteiger partial charge in [0.25, 0.3) is 0 Å². The summed E-state index contributed by atoms with van der Waals surface area (Å²) >= 11 is 17.3. The van der Waals surface area contributed by atoms with E-state index in [1.165, 1.54) is 5.54 Å². The van der Waals surface area contributed by atoms with Crippen molar-refractivity contribution in [3.8, 4) is 5.75 Å². The molecule has 88 valence electrons. The standard InChI is InChI=1S/C11H12Cl3NO/c12-3-1-5-16-11-8(2-4-15)6-9(13)7-10(11)14/h1,3,6-7H,2,4-5,15H2/b3-1+. The Morgan fingerprint density at radius 2 is 2.06 bits per heavy atom. The average Bonchev–Trinajstić information content (AvgIpc) is 2.22. The lowest BCUT2D eigenvalue weighted by atomic mass is 10.1. The highest BCUT2D eigenvalue weighted by atomic mass is 35.5. The summed E-state index contributed by atoms with van der Waals surface area (Å²) in [5.74, 6) is 0.617. The number of nitrogens with two attached hydrogens (primary N) is 1. The number of hydrogen-bond donors (Lipinski definition) is 1. The van der Waals surface area contributed by atoms with Gasteiger partial charge in [-0.2, -0.15) is 0 Å². The second kappa shape index (κ2) is 7.02. The van der Waals surface area contributed by atoms with Crippen molar-refractivity contribution in [1.82, 2.24) is 0 Å². The minimum atomic E-state index is 0.364. The highest BCUT2D eigenvalue weighted by Crippen LogP contribution is 2.32. The lowest BCUT2D eigenvalue weighted by molar-refractivity contribution is 0.359. The van der Waals surface area contributed by atoms with Gasteiger partial charge in [0.2, 0.25) is 0 Å². The maximum atomic E-state index is 6.04. The minimum Gasteiger partial charge on any atom is -0.488 e. The fourth-order valence-corrected chi connectivity index (χ4v) is 1.95. The molecule has 0 aliphatic carbocycles. The van der Waals surface area contributed by atoms with Crippen LogP contribution in [0.25, 0.3) is 0 Å². The van der Waals surface area contributed by atoms with Gasteiger partial charge in [0.05, 0.1) is 5.02 Å². The van der Waals surface area contributed by atoms with E-state index in [1.54, 1.807) is 18.2 Å². The van der Waals surface area contributed by atoms with Crippen LogP contribution in [0.1, 0.15) is 5.56 Å². The predicted octanol–water partition coefficient (Wildman–Crippen LogP) is 3.63. The summed E-state index contributed by atoms with van der Waals surface area (Å²) in [6.45, 7) is 0.876. The van der Waals surface area contributed by atoms with Gasteiger partial charge in [0.1, 0.15) is 12.4 Å². The van der Waals surface area contributed by atoms with Crippen molar-refractivity contribution < 1.29 is 4.74 Å². The highest BCUT2D eigenvalue weighted by molar-refractivity contribution is 6.35. The van der Waals surface area contributed by atoms with Crippen molar-refractivity contribution in [1.29, 1.82) is 0 Å². The van der Waals surface area contributed by atoms with Gasteiger partial charge in [0, 0.05) is 10.6 Å². The van der Waals surface area contributed by atoms with Gasteiger partial charge in [0.15, 0.2) is 0 Å². The lowest BCUT2D eigenvalue weighted by Crippen LogP contribution is -2.06. The molecule has 0 aromatic heterocycles. The van der Waals surface area contributed by atoms with E-state index in [0.29, 0.717) is 35.4 Å². The Morgan fingerprint density at radius 3 is 2.69 bits per heavy atom. The van der Waals surface area contributed by atoms with Crippen molar-refractivity contribution >= 4 is 34.8 Å². The molecule has 0 fully saturated rings. The van der Waals surface area contributed by atoms with Gasteiger partial charge >= 0.3 is 0 Å². The summed E-state index contributed by atoms with van der Waals surface area (Å²) in [4.78, 5) is 0. The van der Waals surface area contributed by atoms with E-state index < -0.39 is 0 Å². The van der Waals surface area contributed by atoms with Gasteiger partial charge in [-0.1, -0.05) is 34.8 Å². The third-order valence-electron chi connectivity index (χ3n) is 1.91. The molecule has 0 atom stereocenters. The third-order valence-corrected chi connectivity index (χ3v) is 2.59. The van der Waals surface area contributed by atoms with E-state index in [1.807, 2.05) is 0 Å². The van der Waals surface area contributed by atoms with Crippen LogP contribution in [-0.4, -0.2) is 13.2 Å². The largest absolute Gasteiger partial charge is 0.488 e. The number of hydrogen-bond acceptors (Lipinski definition) is 2. The van der Waals surface area contributed by atoms with Gasteiger partial charge in [-0.25, -0.2) is 0 Å². The van der Waals surface area contributed by atoms with Crippen molar-refractivity contribution in [2.75, 3.05) is 13.2 Å². The van der Waals surface area contributed by atoms with Crippen LogP contribution in [-0.2, 0) is 6.42 Å². The van der Waals surface area contributed by atoms with Crippen LogP contribution in [0.3, 0.4) is 0 Å². The third kappa shape index (κ3) is 3.87. The molecule has 0 heterocycles. The van der Waals surface area contributed by atoms with Crippen LogP contribution in [0.2, 0.25) is 10.0 Å². The zero-order chi connectivity index (χ0) is 12.0. The van der Waals surface area contributed by atoms with Crippen molar-refractivity contribution in [2.24, 2.45) is 5.73 Å². The molecule has 0 saturated carbocycles. The minimum absolute atomic E-state index is 0.364. The Bertz CT molecular complexity index is 380. The Morgan fingerprint density at radius 1 is 1.31 bits per heavy atom. The first-order valence-electron chi connectivity index (χ1n) is 4.75. The van der Waals surface area contributed by atoms with E-state index in [4.69, 9.17) is 45.3 Å². The van der Waals surface area contributed by atoms with E-state index in [9.17, 15) is 0 Å². The fraction of sp³-hybridized carbons (Fsp3) is 0.273. The van der Waals surface area contributed by atoms with E-state index in [-0.39, 0.29) is 0 Å². The first-order valence-corrected chi connectivity index (χ1v) is 5.94. The summed E-state index contributed by atoms with van der Waals surface area (Å²) in [6, 6.07) is 3.45. The molecule has 1 aromatic carbocycles. The molecule has 16 heavy (non-hydrogen) atoms. The second-order valence-corrected chi connectivity index (χ2v) is 4.18. The van der Waals surface area contributed by atoms with Crippen LogP contribution in [0.5, 0.6) is 5.75 Å². The Labute approximate surface area is 110 Å². The quantitative estimate of drug-likeness (QED) is 0.894. The first kappa shape index (κ1) is 13.7. The predicted molar refractivity (Wildman–Crippen MR) is 69.7 cm³/mol. The Kier molecular flexibility index (Phi) is 5.99. The normalized spacial score (nSPS) is 11.0. The number of benzene rings is 1. The zero-order valence-corrected chi connectivity index (χ0v) is 10.8. The molecule has 1 aromatic rings. The van der Waals surface area contributed by atoms with E-state index >= 15 is 0 Å². The molecule has 0 spiro atoms. The summed E-state index contributed by atoms with van der Waals surface area (Å²) in [5.41, 5.74) is 7.81. The average molecular weight is 281 g/mol. The molecule has 0 radical (unpaired) electrons. The molecule has 1 rings (SSSR count). The fourth-order valence-electron chi connectivity index (χ4n) is 1.28. The number of ether oxygens (including phenoxy) is 1. The van der Waals surface area contributed by atoms with Crippen molar-refractivity contribution in [2.45, 2.75) is 6.42 Å². The van der Waals surface area contributed by atoms with Gasteiger partial charge in [-0.3, -0.25) is 0 Å². The van der Waals surface area contributed by atoms with Gasteiger partial charge < -0.3 is 10.5 Å². The zero-order valence-electron chi connectivity index (χ0n) is 8.55. The smallest absolute Gasteiger partial charge is 0.141 e. The Hall–Kier alpha value is -0.410. The molecular formula is C11H12Cl3NO. The van der Waals surface area contributed by atoms with Crippen LogP contribution in [0.4, 0.5) is 0 Å². The summed E-state index contributed by atoms with van der Waals surface area (Å²) in [7, 11) is 0. The highest BCUT2D eigenvalue weighted by Gasteiger charge is 2.09. The Balaban J connectivity index is 2.94. The molecule has 2 nitrogen and oxygen atoms in total. The molecule has 0 unspecified atom stereocenters. The number of halogens is 3. The first-order chi connectivity index (χ1) is 7.69. The SMILES string of the molecule is NCCc1cc(Cl)cc(Cl)c1OC/C=C/Cl. The molecule has 5 heteroatoms. The maximum Gasteiger partial charge on any atom is 0.141 e. The second-order valence-electron chi connectivity index (χ2n) is 3.09. The summed E-state index contributed by atoms with van der Waals surface area (Å²) in [5, 5.41) is 1.06. The summed E-state index contributed by atoms with van der Waals surface area (Å²) in [6.07, 6.45) is 2.35. The van der Waals surface area contributed by atoms with Gasteiger partial charge in [-0.15, -0.1) is 0 Å². The van der Waals surface area contributed by atoms with Crippen LogP contribution < -0.4 is 10.5 Å². The van der Waals surface area contributed by atoms with Crippen LogP contribution in [0.15, 0.2) is 23.7 Å². The van der Waals surface area contributed by atoms with Crippen molar-refractivity contribution in [3.05, 3.63) is 39.4 Å². The topological polar surface area (TPSA) is 35.2 Å². The van der Waals surface area contributed by atoms with E-state index in [2.05, 4.69) is 0 Å². The molecule has 0 saturated heterocycles. The van der Waals surface area contributed by atoms with Gasteiger partial charge in [-0.05, 0) is 36.7 Å². The molecule has 2 N–H and O–H groups in total. The molecule has 0 amide bonds. The monoisotopic (exact) mass is 279 g/mol. The number of rotatable bonds is 5.